The highest BCUT2D eigenvalue weighted by molar-refractivity contribution is 9.10. The zero-order chi connectivity index (χ0) is 16.1. The summed E-state index contributed by atoms with van der Waals surface area (Å²) in [7, 11) is 1.30. The molecule has 6 nitrogen and oxygen atoms in total. The molecule has 0 aliphatic carbocycles. The van der Waals surface area contributed by atoms with E-state index in [0.717, 1.165) is 10.2 Å². The van der Waals surface area contributed by atoms with Crippen LogP contribution < -0.4 is 10.2 Å². The summed E-state index contributed by atoms with van der Waals surface area (Å²) in [5.41, 5.74) is 0.768. The van der Waals surface area contributed by atoms with Crippen LogP contribution in [-0.4, -0.2) is 38.0 Å². The van der Waals surface area contributed by atoms with E-state index < -0.39 is 5.92 Å². The Kier molecular flexibility index (Phi) is 5.54. The number of benzene rings is 1. The Balaban J connectivity index is 1.91. The van der Waals surface area contributed by atoms with Gasteiger partial charge in [-0.3, -0.25) is 14.4 Å². The van der Waals surface area contributed by atoms with Crippen LogP contribution >= 0.6 is 15.9 Å². The van der Waals surface area contributed by atoms with Gasteiger partial charge >= 0.3 is 5.97 Å². The minimum atomic E-state index is -0.399. The number of ether oxygens (including phenoxy) is 1. The van der Waals surface area contributed by atoms with Crippen molar-refractivity contribution in [3.8, 4) is 0 Å². The number of nitrogens with zero attached hydrogens (tertiary/aromatic N) is 1. The van der Waals surface area contributed by atoms with Crippen LogP contribution in [-0.2, 0) is 19.1 Å². The molecule has 1 heterocycles. The smallest absolute Gasteiger partial charge is 0.307 e. The van der Waals surface area contributed by atoms with Crippen molar-refractivity contribution in [3.63, 3.8) is 0 Å². The second-order valence-corrected chi connectivity index (χ2v) is 5.92. The number of anilines is 1. The van der Waals surface area contributed by atoms with Gasteiger partial charge in [0.05, 0.1) is 19.4 Å². The monoisotopic (exact) mass is 368 g/mol. The van der Waals surface area contributed by atoms with E-state index >= 15 is 0 Å². The summed E-state index contributed by atoms with van der Waals surface area (Å²) in [6, 6.07) is 7.40. The van der Waals surface area contributed by atoms with Gasteiger partial charge in [-0.25, -0.2) is 0 Å². The number of amides is 2. The number of esters is 1. The van der Waals surface area contributed by atoms with Gasteiger partial charge in [-0.2, -0.15) is 0 Å². The number of carbonyl (C=O) groups is 3. The van der Waals surface area contributed by atoms with Crippen molar-refractivity contribution in [2.75, 3.05) is 25.1 Å². The summed E-state index contributed by atoms with van der Waals surface area (Å²) in [5.74, 6) is -1.07. The Hall–Kier alpha value is -1.89. The third-order valence-corrected chi connectivity index (χ3v) is 3.96. The Morgan fingerprint density at radius 2 is 2.23 bits per heavy atom. The zero-order valence-corrected chi connectivity index (χ0v) is 13.8. The molecular weight excluding hydrogens is 352 g/mol. The van der Waals surface area contributed by atoms with Crippen molar-refractivity contribution in [2.24, 2.45) is 5.92 Å². The molecule has 0 saturated carbocycles. The molecule has 22 heavy (non-hydrogen) atoms. The van der Waals surface area contributed by atoms with Crippen LogP contribution in [0.25, 0.3) is 0 Å². The second-order valence-electron chi connectivity index (χ2n) is 5.00. The Morgan fingerprint density at radius 3 is 2.91 bits per heavy atom. The van der Waals surface area contributed by atoms with Crippen molar-refractivity contribution in [3.05, 3.63) is 28.7 Å². The molecule has 0 unspecified atom stereocenters. The lowest BCUT2D eigenvalue weighted by Gasteiger charge is -2.17. The largest absolute Gasteiger partial charge is 0.469 e. The fraction of sp³-hybridized carbons (Fsp3) is 0.400. The molecule has 2 rings (SSSR count). The molecule has 7 heteroatoms. The van der Waals surface area contributed by atoms with E-state index in [1.807, 2.05) is 24.3 Å². The third-order valence-electron chi connectivity index (χ3n) is 3.47. The number of hydrogen-bond acceptors (Lipinski definition) is 4. The van der Waals surface area contributed by atoms with E-state index in [0.29, 0.717) is 6.54 Å². The number of carbonyl (C=O) groups excluding carboxylic acids is 3. The first-order chi connectivity index (χ1) is 10.5. The lowest BCUT2D eigenvalue weighted by molar-refractivity contribution is -0.140. The molecule has 1 fully saturated rings. The maximum atomic E-state index is 12.1. The van der Waals surface area contributed by atoms with E-state index in [1.165, 1.54) is 7.11 Å². The normalized spacial score (nSPS) is 17.5. The summed E-state index contributed by atoms with van der Waals surface area (Å²) in [6.07, 6.45) is 0.300. The van der Waals surface area contributed by atoms with Gasteiger partial charge in [0, 0.05) is 29.7 Å². The fourth-order valence-electron chi connectivity index (χ4n) is 2.31. The topological polar surface area (TPSA) is 75.7 Å². The van der Waals surface area contributed by atoms with Gasteiger partial charge in [-0.15, -0.1) is 0 Å². The molecular formula is C15H17BrN2O4. The van der Waals surface area contributed by atoms with Gasteiger partial charge < -0.3 is 15.0 Å². The SMILES string of the molecule is COC(=O)CCNC(=O)[C@H]1CC(=O)N(c2cccc(Br)c2)C1. The highest BCUT2D eigenvalue weighted by Gasteiger charge is 2.35. The molecule has 1 aromatic carbocycles. The van der Waals surface area contributed by atoms with Gasteiger partial charge in [0.25, 0.3) is 0 Å². The number of nitrogens with one attached hydrogen (secondary N) is 1. The van der Waals surface area contributed by atoms with Crippen LogP contribution in [0.2, 0.25) is 0 Å². The number of hydrogen-bond donors (Lipinski definition) is 1. The summed E-state index contributed by atoms with van der Waals surface area (Å²) in [5, 5.41) is 2.67. The summed E-state index contributed by atoms with van der Waals surface area (Å²) < 4.78 is 5.38. The molecule has 1 atom stereocenters. The Bertz CT molecular complexity index is 591. The molecule has 2 amide bonds. The number of rotatable bonds is 5. The van der Waals surface area contributed by atoms with Gasteiger partial charge in [-0.05, 0) is 18.2 Å². The zero-order valence-electron chi connectivity index (χ0n) is 12.2. The van der Waals surface area contributed by atoms with E-state index in [1.54, 1.807) is 4.90 Å². The van der Waals surface area contributed by atoms with Crippen molar-refractivity contribution in [1.82, 2.24) is 5.32 Å². The lowest BCUT2D eigenvalue weighted by Crippen LogP contribution is -2.34. The van der Waals surface area contributed by atoms with E-state index in [2.05, 4.69) is 26.0 Å². The molecule has 1 saturated heterocycles. The summed E-state index contributed by atoms with van der Waals surface area (Å²) >= 11 is 3.37. The molecule has 1 aromatic rings. The maximum absolute atomic E-state index is 12.1. The average Bonchev–Trinajstić information content (AvgIpc) is 2.89. The highest BCUT2D eigenvalue weighted by atomic mass is 79.9. The van der Waals surface area contributed by atoms with E-state index in [9.17, 15) is 14.4 Å². The molecule has 1 aliphatic heterocycles. The maximum Gasteiger partial charge on any atom is 0.307 e. The van der Waals surface area contributed by atoms with E-state index in [4.69, 9.17) is 0 Å². The van der Waals surface area contributed by atoms with Gasteiger partial charge in [-0.1, -0.05) is 22.0 Å². The van der Waals surface area contributed by atoms with Crippen LogP contribution in [0, 0.1) is 5.92 Å². The molecule has 0 aromatic heterocycles. The quantitative estimate of drug-likeness (QED) is 0.798. The molecule has 0 radical (unpaired) electrons. The van der Waals surface area contributed by atoms with E-state index in [-0.39, 0.29) is 37.2 Å². The van der Waals surface area contributed by atoms with Crippen LogP contribution in [0.15, 0.2) is 28.7 Å². The lowest BCUT2D eigenvalue weighted by atomic mass is 10.1. The second kappa shape index (κ2) is 7.40. The first kappa shape index (κ1) is 16.5. The highest BCUT2D eigenvalue weighted by Crippen LogP contribution is 2.27. The van der Waals surface area contributed by atoms with Crippen LogP contribution in [0.3, 0.4) is 0 Å². The van der Waals surface area contributed by atoms with Crippen molar-refractivity contribution < 1.29 is 19.1 Å². The Morgan fingerprint density at radius 1 is 1.45 bits per heavy atom. The number of halogens is 1. The van der Waals surface area contributed by atoms with Crippen LogP contribution in [0.4, 0.5) is 5.69 Å². The standard InChI is InChI=1S/C15H17BrN2O4/c1-22-14(20)5-6-17-15(21)10-7-13(19)18(9-10)12-4-2-3-11(16)8-12/h2-4,8,10H,5-7,9H2,1H3,(H,17,21)/t10-/m0/s1. The minimum Gasteiger partial charge on any atom is -0.469 e. The van der Waals surface area contributed by atoms with Crippen molar-refractivity contribution in [2.45, 2.75) is 12.8 Å². The average molecular weight is 369 g/mol. The third kappa shape index (κ3) is 4.07. The predicted octanol–water partition coefficient (Wildman–Crippen LogP) is 1.48. The molecule has 0 spiro atoms. The molecule has 118 valence electrons. The number of methoxy groups -OCH3 is 1. The summed E-state index contributed by atoms with van der Waals surface area (Å²) in [4.78, 5) is 36.7. The van der Waals surface area contributed by atoms with Gasteiger partial charge in [0.2, 0.25) is 11.8 Å². The molecule has 0 bridgehead atoms. The van der Waals surface area contributed by atoms with Crippen LogP contribution in [0.5, 0.6) is 0 Å². The minimum absolute atomic E-state index is 0.0776. The fourth-order valence-corrected chi connectivity index (χ4v) is 2.70. The van der Waals surface area contributed by atoms with Crippen molar-refractivity contribution in [1.29, 1.82) is 0 Å². The first-order valence-corrected chi connectivity index (χ1v) is 7.71. The summed E-state index contributed by atoms with van der Waals surface area (Å²) in [6.45, 7) is 0.562. The first-order valence-electron chi connectivity index (χ1n) is 6.91. The van der Waals surface area contributed by atoms with Crippen LogP contribution in [0.1, 0.15) is 12.8 Å². The predicted molar refractivity (Wildman–Crippen MR) is 84.2 cm³/mol. The van der Waals surface area contributed by atoms with Gasteiger partial charge in [0.15, 0.2) is 0 Å². The van der Waals surface area contributed by atoms with Gasteiger partial charge in [0.1, 0.15) is 0 Å². The molecule has 1 aliphatic rings. The van der Waals surface area contributed by atoms with Crippen molar-refractivity contribution >= 4 is 39.4 Å². The Labute approximate surface area is 136 Å². The molecule has 1 N–H and O–H groups in total.